The summed E-state index contributed by atoms with van der Waals surface area (Å²) in [5.41, 5.74) is 2.53. The molecule has 1 aromatic rings. The van der Waals surface area contributed by atoms with E-state index in [-0.39, 0.29) is 0 Å². The molecule has 1 saturated carbocycles. The Labute approximate surface area is 116 Å². The Hall–Kier alpha value is -1.22. The molecule has 0 radical (unpaired) electrons. The summed E-state index contributed by atoms with van der Waals surface area (Å²) in [4.78, 5) is 5.12. The van der Waals surface area contributed by atoms with Gasteiger partial charge in [0.2, 0.25) is 0 Å². The van der Waals surface area contributed by atoms with Crippen molar-refractivity contribution in [3.05, 3.63) is 23.8 Å². The van der Waals surface area contributed by atoms with E-state index in [4.69, 9.17) is 4.74 Å². The largest absolute Gasteiger partial charge is 0.492 e. The summed E-state index contributed by atoms with van der Waals surface area (Å²) in [5.74, 6) is 1.04. The lowest BCUT2D eigenvalue weighted by Gasteiger charge is -2.36. The van der Waals surface area contributed by atoms with Crippen LogP contribution in [0.4, 0.5) is 5.69 Å². The highest BCUT2D eigenvalue weighted by Crippen LogP contribution is 2.32. The number of nitrogens with zero attached hydrogens (tertiary/aromatic N) is 2. The maximum absolute atomic E-state index is 5.80. The monoisotopic (exact) mass is 260 g/mol. The summed E-state index contributed by atoms with van der Waals surface area (Å²) in [6, 6.07) is 7.45. The van der Waals surface area contributed by atoms with Crippen LogP contribution in [-0.2, 0) is 0 Å². The molecule has 0 aromatic heterocycles. The van der Waals surface area contributed by atoms with Crippen LogP contribution in [0.5, 0.6) is 5.75 Å². The van der Waals surface area contributed by atoms with E-state index in [2.05, 4.69) is 41.8 Å². The lowest BCUT2D eigenvalue weighted by molar-refractivity contribution is 0.247. The molecule has 0 amide bonds. The van der Waals surface area contributed by atoms with Crippen molar-refractivity contribution in [3.63, 3.8) is 0 Å². The minimum absolute atomic E-state index is 0.735. The van der Waals surface area contributed by atoms with Gasteiger partial charge in [0.25, 0.3) is 0 Å². The molecular weight excluding hydrogens is 236 g/mol. The summed E-state index contributed by atoms with van der Waals surface area (Å²) in [5, 5.41) is 0. The van der Waals surface area contributed by atoms with E-state index in [1.165, 1.54) is 37.2 Å². The highest BCUT2D eigenvalue weighted by molar-refractivity contribution is 5.60. The first kappa shape index (κ1) is 12.8. The molecule has 1 aromatic carbocycles. The number of piperazine rings is 1. The van der Waals surface area contributed by atoms with Gasteiger partial charge in [-0.2, -0.15) is 0 Å². The van der Waals surface area contributed by atoms with Gasteiger partial charge in [-0.25, -0.2) is 0 Å². The molecule has 1 aliphatic heterocycles. The van der Waals surface area contributed by atoms with E-state index in [0.717, 1.165) is 31.5 Å². The van der Waals surface area contributed by atoms with Gasteiger partial charge >= 0.3 is 0 Å². The molecule has 1 saturated heterocycles. The van der Waals surface area contributed by atoms with Crippen molar-refractivity contribution in [1.29, 1.82) is 0 Å². The van der Waals surface area contributed by atoms with Gasteiger partial charge in [-0.1, -0.05) is 6.07 Å². The molecule has 104 valence electrons. The number of aryl methyl sites for hydroxylation is 1. The lowest BCUT2D eigenvalue weighted by atomic mass is 10.1. The van der Waals surface area contributed by atoms with Crippen molar-refractivity contribution >= 4 is 5.69 Å². The van der Waals surface area contributed by atoms with Crippen molar-refractivity contribution in [2.24, 2.45) is 0 Å². The van der Waals surface area contributed by atoms with Gasteiger partial charge in [0.15, 0.2) is 0 Å². The zero-order chi connectivity index (χ0) is 13.2. The Bertz CT molecular complexity index is 434. The third-order valence-corrected chi connectivity index (χ3v) is 4.13. The fourth-order valence-corrected chi connectivity index (χ4v) is 2.92. The average molecular weight is 260 g/mol. The number of hydrogen-bond donors (Lipinski definition) is 0. The molecule has 2 aliphatic rings. The van der Waals surface area contributed by atoms with Gasteiger partial charge in [0.1, 0.15) is 5.75 Å². The average Bonchev–Trinajstić information content (AvgIpc) is 3.24. The topological polar surface area (TPSA) is 15.7 Å². The van der Waals surface area contributed by atoms with Crippen molar-refractivity contribution < 1.29 is 4.74 Å². The molecule has 3 nitrogen and oxygen atoms in total. The summed E-state index contributed by atoms with van der Waals surface area (Å²) in [6.45, 7) is 9.56. The van der Waals surface area contributed by atoms with E-state index in [9.17, 15) is 0 Å². The predicted octanol–water partition coefficient (Wildman–Crippen LogP) is 2.68. The van der Waals surface area contributed by atoms with Crippen LogP contribution in [0.25, 0.3) is 0 Å². The summed E-state index contributed by atoms with van der Waals surface area (Å²) in [7, 11) is 0. The summed E-state index contributed by atoms with van der Waals surface area (Å²) >= 11 is 0. The Morgan fingerprint density at radius 3 is 2.53 bits per heavy atom. The summed E-state index contributed by atoms with van der Waals surface area (Å²) < 4.78 is 5.80. The van der Waals surface area contributed by atoms with Gasteiger partial charge in [-0.15, -0.1) is 0 Å². The Balaban J connectivity index is 1.71. The first-order valence-electron chi connectivity index (χ1n) is 7.50. The normalized spacial score (nSPS) is 20.6. The third-order valence-electron chi connectivity index (χ3n) is 4.13. The maximum atomic E-state index is 5.80. The molecule has 0 unspecified atom stereocenters. The molecule has 1 heterocycles. The molecule has 0 bridgehead atoms. The number of hydrogen-bond acceptors (Lipinski definition) is 3. The van der Waals surface area contributed by atoms with Crippen molar-refractivity contribution in [2.75, 3.05) is 37.7 Å². The van der Waals surface area contributed by atoms with Gasteiger partial charge in [0.05, 0.1) is 12.3 Å². The minimum atomic E-state index is 0.735. The maximum Gasteiger partial charge on any atom is 0.142 e. The van der Waals surface area contributed by atoms with Crippen LogP contribution in [-0.4, -0.2) is 43.7 Å². The number of rotatable bonds is 4. The minimum Gasteiger partial charge on any atom is -0.492 e. The molecule has 0 atom stereocenters. The lowest BCUT2D eigenvalue weighted by Crippen LogP contribution is -2.47. The Kier molecular flexibility index (Phi) is 3.65. The standard InChI is InChI=1S/C16H24N2O/c1-3-19-16-12-13(2)4-7-15(16)18-10-8-17(9-11-18)14-5-6-14/h4,7,12,14H,3,5-6,8-11H2,1-2H3. The van der Waals surface area contributed by atoms with Crippen molar-refractivity contribution in [1.82, 2.24) is 4.90 Å². The Morgan fingerprint density at radius 1 is 1.16 bits per heavy atom. The van der Waals surface area contributed by atoms with Crippen LogP contribution in [0.2, 0.25) is 0 Å². The zero-order valence-corrected chi connectivity index (χ0v) is 12.1. The molecule has 3 rings (SSSR count). The van der Waals surface area contributed by atoms with Gasteiger partial charge in [0, 0.05) is 32.2 Å². The van der Waals surface area contributed by atoms with E-state index >= 15 is 0 Å². The first-order chi connectivity index (χ1) is 9.28. The highest BCUT2D eigenvalue weighted by Gasteiger charge is 2.31. The van der Waals surface area contributed by atoms with Crippen LogP contribution in [0, 0.1) is 6.92 Å². The Morgan fingerprint density at radius 2 is 1.89 bits per heavy atom. The first-order valence-corrected chi connectivity index (χ1v) is 7.50. The number of anilines is 1. The second-order valence-electron chi connectivity index (χ2n) is 5.66. The van der Waals surface area contributed by atoms with Gasteiger partial charge < -0.3 is 9.64 Å². The van der Waals surface area contributed by atoms with E-state index in [1.807, 2.05) is 0 Å². The van der Waals surface area contributed by atoms with E-state index in [1.54, 1.807) is 0 Å². The zero-order valence-electron chi connectivity index (χ0n) is 12.1. The van der Waals surface area contributed by atoms with E-state index in [0.29, 0.717) is 0 Å². The van der Waals surface area contributed by atoms with Crippen molar-refractivity contribution in [2.45, 2.75) is 32.7 Å². The predicted molar refractivity (Wildman–Crippen MR) is 79.2 cm³/mol. The second kappa shape index (κ2) is 5.41. The number of benzene rings is 1. The number of ether oxygens (including phenoxy) is 1. The fraction of sp³-hybridized carbons (Fsp3) is 0.625. The molecule has 0 N–H and O–H groups in total. The molecular formula is C16H24N2O. The van der Waals surface area contributed by atoms with Crippen molar-refractivity contribution in [3.8, 4) is 5.75 Å². The molecule has 0 spiro atoms. The SMILES string of the molecule is CCOc1cc(C)ccc1N1CCN(C2CC2)CC1. The van der Waals surface area contributed by atoms with Crippen LogP contribution >= 0.6 is 0 Å². The molecule has 2 fully saturated rings. The smallest absolute Gasteiger partial charge is 0.142 e. The second-order valence-corrected chi connectivity index (χ2v) is 5.66. The molecule has 1 aliphatic carbocycles. The van der Waals surface area contributed by atoms with Crippen LogP contribution in [0.15, 0.2) is 18.2 Å². The van der Waals surface area contributed by atoms with E-state index < -0.39 is 0 Å². The van der Waals surface area contributed by atoms with Crippen LogP contribution in [0.3, 0.4) is 0 Å². The van der Waals surface area contributed by atoms with Crippen LogP contribution < -0.4 is 9.64 Å². The van der Waals surface area contributed by atoms with Crippen LogP contribution in [0.1, 0.15) is 25.3 Å². The fourth-order valence-electron chi connectivity index (χ4n) is 2.92. The van der Waals surface area contributed by atoms with Gasteiger partial charge in [-0.05, 0) is 44.4 Å². The van der Waals surface area contributed by atoms with Gasteiger partial charge in [-0.3, -0.25) is 4.90 Å². The third kappa shape index (κ3) is 2.86. The quantitative estimate of drug-likeness (QED) is 0.828. The highest BCUT2D eigenvalue weighted by atomic mass is 16.5. The molecule has 19 heavy (non-hydrogen) atoms. The summed E-state index contributed by atoms with van der Waals surface area (Å²) in [6.07, 6.45) is 2.82. The molecule has 3 heteroatoms.